The van der Waals surface area contributed by atoms with Gasteiger partial charge in [0.2, 0.25) is 0 Å². The zero-order valence-corrected chi connectivity index (χ0v) is 42.7. The van der Waals surface area contributed by atoms with Gasteiger partial charge in [0.25, 0.3) is 15.6 Å². The Morgan fingerprint density at radius 1 is 0.655 bits per heavy atom. The second-order valence-corrected chi connectivity index (χ2v) is 19.6. The van der Waals surface area contributed by atoms with E-state index in [0.29, 0.717) is 0 Å². The van der Waals surface area contributed by atoms with Crippen molar-refractivity contribution < 1.29 is 204 Å². The Bertz CT molecular complexity index is 2100. The van der Waals surface area contributed by atoms with E-state index in [0.717, 1.165) is 34.4 Å². The number of rotatable bonds is 14. The smallest absolute Gasteiger partial charge is 0.777 e. The Balaban J connectivity index is 0.00000290. The third-order valence-corrected chi connectivity index (χ3v) is 16.3. The van der Waals surface area contributed by atoms with Crippen molar-refractivity contribution in [1.29, 1.82) is 0 Å². The zero-order chi connectivity index (χ0) is 39.5. The van der Waals surface area contributed by atoms with E-state index in [9.17, 15) is 58.3 Å². The van der Waals surface area contributed by atoms with Gasteiger partial charge in [-0.1, -0.05) is 0 Å². The standard InChI is InChI=1S/C21H29ClN10O18P4.4Na/c22-21(51(37,38)49-53(41,42)45-1-7-11(33)13(35)19(47-7)31-5-29-9-15(23)25-3-27-17(9)31)52(39,40)50-54(43,44)46-2-8-12(34)14(36)20(48-8)32-6-30-10-16(24)26-4-28-18(10)32;;;;/h3-8,11-14,19-21,33-36H,1-2H2,(H,37,38)(H,39,40)(H,41,42)(H,43,44)(H2,23,25,27)(H2,24,26,28);;;;/q;4*+1/p-4/t7-,8-,11-,12-,13-,14-,19-,20-;;;;/m1..../s1. The van der Waals surface area contributed by atoms with Gasteiger partial charge in [-0.15, -0.1) is 11.6 Å². The quantitative estimate of drug-likeness (QED) is 0.0388. The Morgan fingerprint density at radius 3 is 1.34 bits per heavy atom. The number of aliphatic hydroxyl groups is 4. The summed E-state index contributed by atoms with van der Waals surface area (Å²) in [5.74, 6) is -0.0719. The molecule has 0 amide bonds. The van der Waals surface area contributed by atoms with E-state index in [4.69, 9.17) is 32.5 Å². The molecule has 12 atom stereocenters. The van der Waals surface area contributed by atoms with E-state index >= 15 is 0 Å². The number of nitrogens with zero attached hydrogens (tertiary/aromatic N) is 8. The van der Waals surface area contributed by atoms with Gasteiger partial charge in [-0.05, 0) is 0 Å². The molecule has 0 bridgehead atoms. The summed E-state index contributed by atoms with van der Waals surface area (Å²) < 4.78 is 79.5. The van der Waals surface area contributed by atoms with Gasteiger partial charge in [0.05, 0.1) is 25.9 Å². The number of nitrogen functional groups attached to an aromatic ring is 2. The minimum atomic E-state index is -6.42. The van der Waals surface area contributed by atoms with Crippen LogP contribution in [0.15, 0.2) is 25.3 Å². The summed E-state index contributed by atoms with van der Waals surface area (Å²) in [6.07, 6.45) is -9.15. The number of anilines is 2. The van der Waals surface area contributed by atoms with Crippen molar-refractivity contribution in [2.45, 2.75) is 53.9 Å². The Labute approximate surface area is 418 Å². The number of fused-ring (bicyclic) bond motifs is 2. The number of phosphoric acid groups is 2. The third kappa shape index (κ3) is 12.0. The molecule has 4 aromatic rings. The summed E-state index contributed by atoms with van der Waals surface area (Å²) in [5.41, 5.74) is 11.7. The van der Waals surface area contributed by atoms with E-state index in [1.165, 1.54) is 0 Å². The molecule has 298 valence electrons. The predicted octanol–water partition coefficient (Wildman–Crippen LogP) is -16.3. The molecule has 0 spiro atoms. The maximum absolute atomic E-state index is 12.5. The molecule has 0 radical (unpaired) electrons. The van der Waals surface area contributed by atoms with Crippen LogP contribution in [-0.2, 0) is 45.4 Å². The molecule has 28 nitrogen and oxygen atoms in total. The van der Waals surface area contributed by atoms with Crippen LogP contribution in [0.1, 0.15) is 12.5 Å². The van der Waals surface area contributed by atoms with Crippen LogP contribution in [0.25, 0.3) is 22.3 Å². The molecule has 2 aliphatic rings. The van der Waals surface area contributed by atoms with Crippen LogP contribution >= 0.6 is 42.4 Å². The minimum Gasteiger partial charge on any atom is -0.777 e. The summed E-state index contributed by atoms with van der Waals surface area (Å²) in [7, 11) is -25.1. The number of hydrogen-bond acceptors (Lipinski definition) is 26. The fourth-order valence-electron chi connectivity index (χ4n) is 5.21. The predicted molar refractivity (Wildman–Crippen MR) is 165 cm³/mol. The fraction of sp³-hybridized carbons (Fsp3) is 0.524. The number of phosphoric ester groups is 2. The first-order chi connectivity index (χ1) is 25.1. The number of hydrogen-bond donors (Lipinski definition) is 6. The summed E-state index contributed by atoms with van der Waals surface area (Å²) in [6, 6.07) is 0. The topological polar surface area (TPSA) is 436 Å². The molecule has 4 aromatic heterocycles. The van der Waals surface area contributed by atoms with Gasteiger partial charge in [0.1, 0.15) is 60.3 Å². The van der Waals surface area contributed by atoms with Crippen LogP contribution < -0.4 is 149 Å². The molecule has 0 aromatic carbocycles. The van der Waals surface area contributed by atoms with Gasteiger partial charge in [0.15, 0.2) is 55.4 Å². The van der Waals surface area contributed by atoms with Crippen LogP contribution in [0.2, 0.25) is 0 Å². The van der Waals surface area contributed by atoms with Crippen LogP contribution in [0.5, 0.6) is 0 Å². The Morgan fingerprint density at radius 2 is 1.00 bits per heavy atom. The van der Waals surface area contributed by atoms with Crippen LogP contribution in [0.3, 0.4) is 0 Å². The fourth-order valence-corrected chi connectivity index (χ4v) is 11.9. The first-order valence-corrected chi connectivity index (χ1v) is 21.2. The third-order valence-electron chi connectivity index (χ3n) is 7.74. The molecule has 2 aliphatic heterocycles. The molecule has 58 heavy (non-hydrogen) atoms. The zero-order valence-electron chi connectivity index (χ0n) is 30.3. The largest absolute Gasteiger partial charge is 1.00 e. The second-order valence-electron chi connectivity index (χ2n) is 11.3. The average molecular weight is 957 g/mol. The van der Waals surface area contributed by atoms with E-state index < -0.39 is 98.0 Å². The van der Waals surface area contributed by atoms with Crippen molar-refractivity contribution in [3.05, 3.63) is 25.3 Å². The molecule has 37 heteroatoms. The summed E-state index contributed by atoms with van der Waals surface area (Å²) in [6.45, 7) is -2.43. The minimum absolute atomic E-state index is 0. The van der Waals surface area contributed by atoms with Crippen molar-refractivity contribution in [2.24, 2.45) is 0 Å². The van der Waals surface area contributed by atoms with Crippen molar-refractivity contribution in [3.8, 4) is 0 Å². The van der Waals surface area contributed by atoms with Crippen molar-refractivity contribution in [2.75, 3.05) is 24.7 Å². The maximum Gasteiger partial charge on any atom is 1.00 e. The first kappa shape index (κ1) is 55.5. The molecule has 0 saturated carbocycles. The summed E-state index contributed by atoms with van der Waals surface area (Å²) >= 11 is 5.40. The number of aromatic nitrogens is 8. The SMILES string of the molecule is Nc1ncnc2c1ncn2[C@@H]1O[C@H](COP(=O)([O-])OP(=O)([O-])C(Cl)P(=O)([O-])OP(=O)([O-])OC[C@H]2O[C@@H](n3cnc4c(N)ncnc43)[C@H](O)[C@@H]2O)[C@@H](O)[C@H]1O.[Na+].[Na+].[Na+].[Na+]. The molecule has 6 heterocycles. The number of alkyl halides is 1. The molecule has 0 aliphatic carbocycles. The van der Waals surface area contributed by atoms with Crippen LogP contribution in [0, 0.1) is 0 Å². The Hall–Kier alpha value is 1.35. The van der Waals surface area contributed by atoms with E-state index in [1.807, 2.05) is 0 Å². The normalized spacial score (nSPS) is 29.1. The monoisotopic (exact) mass is 956 g/mol. The van der Waals surface area contributed by atoms with Crippen molar-refractivity contribution in [3.63, 3.8) is 0 Å². The van der Waals surface area contributed by atoms with Gasteiger partial charge in [0, 0.05) is 0 Å². The van der Waals surface area contributed by atoms with E-state index in [-0.39, 0.29) is 152 Å². The van der Waals surface area contributed by atoms with Gasteiger partial charge in [-0.25, -0.2) is 29.9 Å². The van der Waals surface area contributed by atoms with Gasteiger partial charge < -0.3 is 79.1 Å². The van der Waals surface area contributed by atoms with Crippen molar-refractivity contribution >= 4 is 76.4 Å². The molecular weight excluding hydrogens is 932 g/mol. The van der Waals surface area contributed by atoms with E-state index in [2.05, 4.69) is 47.6 Å². The second kappa shape index (κ2) is 21.6. The molecule has 2 fully saturated rings. The summed E-state index contributed by atoms with van der Waals surface area (Å²) in [4.78, 5) is 69.6. The van der Waals surface area contributed by atoms with E-state index in [1.54, 1.807) is 0 Å². The molecular formula is C21H25ClN10Na4O18P4. The molecule has 4 unspecified atom stereocenters. The Kier molecular flexibility index (Phi) is 20.6. The average Bonchev–Trinajstić information content (AvgIpc) is 3.84. The number of ether oxygens (including phenoxy) is 2. The van der Waals surface area contributed by atoms with Gasteiger partial charge in [-0.3, -0.25) is 26.9 Å². The molecule has 2 saturated heterocycles. The first-order valence-electron chi connectivity index (χ1n) is 14.6. The van der Waals surface area contributed by atoms with Crippen LogP contribution in [0.4, 0.5) is 11.6 Å². The van der Waals surface area contributed by atoms with Gasteiger partial charge in [-0.2, -0.15) is 0 Å². The van der Waals surface area contributed by atoms with Crippen molar-refractivity contribution in [1.82, 2.24) is 39.0 Å². The number of nitrogens with two attached hydrogens (primary N) is 2. The van der Waals surface area contributed by atoms with Crippen LogP contribution in [-0.4, -0.2) is 114 Å². The number of aliphatic hydroxyl groups excluding tert-OH is 4. The number of imidazole rings is 2. The maximum atomic E-state index is 12.5. The molecule has 8 N–H and O–H groups in total. The van der Waals surface area contributed by atoms with Gasteiger partial charge >= 0.3 is 118 Å². The molecule has 6 rings (SSSR count). The number of halogens is 1. The summed E-state index contributed by atoms with van der Waals surface area (Å²) in [5, 5.41) is 41.8.